The SMILES string of the molecule is COc1ccc(-c2coc3cc(O[C@@H]4O[C@H](CO[C@@H]5OC[C@@](O)(CO[C@@H]6OC[C@@](O)(CO)[C@H]6O)[C@H]5O)[C@@H](O)[C@H](O)[C@H]4O)cc(O)c3c2=O)cc1. The van der Waals surface area contributed by atoms with Crippen LogP contribution >= 0.6 is 0 Å². The Morgan fingerprint density at radius 2 is 1.50 bits per heavy atom. The van der Waals surface area contributed by atoms with Crippen LogP contribution in [0.15, 0.2) is 51.9 Å². The third-order valence-electron chi connectivity index (χ3n) is 8.96. The molecule has 0 amide bonds. The monoisotopic (exact) mass is 710 g/mol. The van der Waals surface area contributed by atoms with E-state index in [4.69, 9.17) is 37.6 Å². The van der Waals surface area contributed by atoms with E-state index in [1.165, 1.54) is 19.4 Å². The van der Waals surface area contributed by atoms with E-state index < -0.39 is 111 Å². The molecule has 0 radical (unpaired) electrons. The topological polar surface area (TPSA) is 277 Å². The van der Waals surface area contributed by atoms with Crippen molar-refractivity contribution in [2.24, 2.45) is 0 Å². The van der Waals surface area contributed by atoms with Crippen LogP contribution in [0.25, 0.3) is 22.1 Å². The fraction of sp³-hybridized carbons (Fsp3) is 0.531. The minimum Gasteiger partial charge on any atom is -0.507 e. The minimum absolute atomic E-state index is 0.0602. The van der Waals surface area contributed by atoms with Crippen LogP contribution in [0.5, 0.6) is 17.2 Å². The molecule has 3 fully saturated rings. The Bertz CT molecular complexity index is 1700. The highest BCUT2D eigenvalue weighted by molar-refractivity contribution is 5.88. The Morgan fingerprint density at radius 1 is 0.840 bits per heavy atom. The molecule has 0 unspecified atom stereocenters. The molecule has 0 saturated carbocycles. The Kier molecular flexibility index (Phi) is 10.4. The number of rotatable bonds is 11. The van der Waals surface area contributed by atoms with Gasteiger partial charge >= 0.3 is 0 Å². The summed E-state index contributed by atoms with van der Waals surface area (Å²) in [5, 5.41) is 93.5. The molecule has 1 aromatic heterocycles. The van der Waals surface area contributed by atoms with E-state index in [1.54, 1.807) is 24.3 Å². The molecule has 11 atom stereocenters. The van der Waals surface area contributed by atoms with E-state index in [1.807, 2.05) is 0 Å². The van der Waals surface area contributed by atoms with Gasteiger partial charge < -0.3 is 83.5 Å². The van der Waals surface area contributed by atoms with Crippen LogP contribution in [-0.4, -0.2) is 153 Å². The highest BCUT2D eigenvalue weighted by Crippen LogP contribution is 2.34. The molecule has 274 valence electrons. The average Bonchev–Trinajstić information content (AvgIpc) is 3.56. The summed E-state index contributed by atoms with van der Waals surface area (Å²) in [5.74, 6) is -0.0523. The molecule has 4 heterocycles. The summed E-state index contributed by atoms with van der Waals surface area (Å²) in [6.45, 7) is -2.93. The van der Waals surface area contributed by atoms with Crippen molar-refractivity contribution in [1.82, 2.24) is 0 Å². The van der Waals surface area contributed by atoms with Gasteiger partial charge in [0.05, 0.1) is 45.7 Å². The third-order valence-corrected chi connectivity index (χ3v) is 8.96. The number of fused-ring (bicyclic) bond motifs is 1. The first-order chi connectivity index (χ1) is 23.8. The van der Waals surface area contributed by atoms with Crippen molar-refractivity contribution in [2.75, 3.05) is 40.1 Å². The number of hydrogen-bond donors (Lipinski definition) is 9. The lowest BCUT2D eigenvalue weighted by molar-refractivity contribution is -0.289. The summed E-state index contributed by atoms with van der Waals surface area (Å²) in [6, 6.07) is 8.98. The first kappa shape index (κ1) is 36.3. The second-order valence-electron chi connectivity index (χ2n) is 12.4. The van der Waals surface area contributed by atoms with Crippen LogP contribution in [0, 0.1) is 0 Å². The van der Waals surface area contributed by atoms with Gasteiger partial charge in [-0.15, -0.1) is 0 Å². The van der Waals surface area contributed by atoms with Gasteiger partial charge in [0, 0.05) is 12.1 Å². The number of benzene rings is 2. The standard InChI is InChI=1S/C32H38O18/c1-43-15-4-2-14(3-5-15)17-8-44-19-7-16(6-18(34)21(19)22(17)35)49-28-25(38)24(37)23(36)20(50-28)9-45-29-27(40)32(42,12-47-29)13-48-30-26(39)31(41,10-33)11-46-30/h2-8,20,23-30,33-34,36-42H,9-13H2,1H3/t20-,23-,24+,25-,26+,27+,28-,29-,30+,31+,32-/m1/s1. The number of hydrogen-bond acceptors (Lipinski definition) is 18. The molecule has 18 heteroatoms. The lowest BCUT2D eigenvalue weighted by Crippen LogP contribution is -2.60. The van der Waals surface area contributed by atoms with Crippen molar-refractivity contribution >= 4 is 11.0 Å². The van der Waals surface area contributed by atoms with Crippen LogP contribution in [0.1, 0.15) is 0 Å². The zero-order valence-corrected chi connectivity index (χ0v) is 26.5. The Morgan fingerprint density at radius 3 is 2.16 bits per heavy atom. The quantitative estimate of drug-likeness (QED) is 0.0978. The zero-order chi connectivity index (χ0) is 36.0. The van der Waals surface area contributed by atoms with E-state index in [0.29, 0.717) is 11.3 Å². The van der Waals surface area contributed by atoms with Gasteiger partial charge in [0.1, 0.15) is 82.3 Å². The predicted molar refractivity (Wildman–Crippen MR) is 164 cm³/mol. The van der Waals surface area contributed by atoms with Crippen molar-refractivity contribution in [3.8, 4) is 28.4 Å². The van der Waals surface area contributed by atoms with Crippen molar-refractivity contribution in [1.29, 1.82) is 0 Å². The maximum absolute atomic E-state index is 13.3. The Hall–Kier alpha value is -3.47. The fourth-order valence-electron chi connectivity index (χ4n) is 5.80. The van der Waals surface area contributed by atoms with E-state index in [-0.39, 0.29) is 22.3 Å². The number of phenols is 1. The van der Waals surface area contributed by atoms with Crippen molar-refractivity contribution in [3.63, 3.8) is 0 Å². The van der Waals surface area contributed by atoms with Crippen LogP contribution in [0.4, 0.5) is 0 Å². The second-order valence-corrected chi connectivity index (χ2v) is 12.4. The third kappa shape index (κ3) is 6.78. The van der Waals surface area contributed by atoms with Crippen molar-refractivity contribution < 1.29 is 83.5 Å². The molecule has 0 spiro atoms. The molecule has 18 nitrogen and oxygen atoms in total. The summed E-state index contributed by atoms with van der Waals surface area (Å²) in [7, 11) is 1.51. The predicted octanol–water partition coefficient (Wildman–Crippen LogP) is -2.72. The van der Waals surface area contributed by atoms with E-state index in [9.17, 15) is 50.8 Å². The lowest BCUT2D eigenvalue weighted by Gasteiger charge is -2.40. The molecule has 6 rings (SSSR count). The normalized spacial score (nSPS) is 35.8. The fourth-order valence-corrected chi connectivity index (χ4v) is 5.80. The summed E-state index contributed by atoms with van der Waals surface area (Å²) in [6.07, 6.45) is -13.4. The van der Waals surface area contributed by atoms with Gasteiger partial charge in [0.15, 0.2) is 12.6 Å². The maximum Gasteiger partial charge on any atom is 0.229 e. The largest absolute Gasteiger partial charge is 0.507 e. The average molecular weight is 711 g/mol. The second kappa shape index (κ2) is 14.3. The highest BCUT2D eigenvalue weighted by atomic mass is 16.7. The van der Waals surface area contributed by atoms with Gasteiger partial charge in [-0.2, -0.15) is 0 Å². The Balaban J connectivity index is 1.09. The van der Waals surface area contributed by atoms with Crippen LogP contribution in [0.3, 0.4) is 0 Å². The molecule has 9 N–H and O–H groups in total. The Labute approximate surface area is 282 Å². The van der Waals surface area contributed by atoms with E-state index in [2.05, 4.69) is 0 Å². The lowest BCUT2D eigenvalue weighted by atomic mass is 9.99. The summed E-state index contributed by atoms with van der Waals surface area (Å²) in [4.78, 5) is 13.3. The summed E-state index contributed by atoms with van der Waals surface area (Å²) in [5.41, 5.74) is -3.92. The molecule has 3 aliphatic rings. The highest BCUT2D eigenvalue weighted by Gasteiger charge is 2.53. The number of phenolic OH excluding ortho intramolecular Hbond substituents is 1. The molecule has 0 bridgehead atoms. The maximum atomic E-state index is 13.3. The number of aliphatic hydroxyl groups is 8. The molecule has 50 heavy (non-hydrogen) atoms. The van der Waals surface area contributed by atoms with Gasteiger partial charge in [-0.25, -0.2) is 0 Å². The van der Waals surface area contributed by atoms with Gasteiger partial charge in [0.25, 0.3) is 0 Å². The first-order valence-electron chi connectivity index (χ1n) is 15.5. The number of ether oxygens (including phenoxy) is 7. The van der Waals surface area contributed by atoms with E-state index >= 15 is 0 Å². The molecule has 3 saturated heterocycles. The van der Waals surface area contributed by atoms with Gasteiger partial charge in [-0.05, 0) is 17.7 Å². The molecule has 0 aliphatic carbocycles. The smallest absolute Gasteiger partial charge is 0.229 e. The molecular weight excluding hydrogens is 672 g/mol. The van der Waals surface area contributed by atoms with Crippen LogP contribution in [0.2, 0.25) is 0 Å². The molecule has 3 aliphatic heterocycles. The van der Waals surface area contributed by atoms with Crippen molar-refractivity contribution in [3.05, 3.63) is 52.9 Å². The van der Waals surface area contributed by atoms with Crippen LogP contribution in [-0.2, 0) is 23.7 Å². The summed E-state index contributed by atoms with van der Waals surface area (Å²) >= 11 is 0. The van der Waals surface area contributed by atoms with Gasteiger partial charge in [0.2, 0.25) is 11.7 Å². The van der Waals surface area contributed by atoms with Crippen molar-refractivity contribution in [2.45, 2.75) is 66.7 Å². The van der Waals surface area contributed by atoms with E-state index in [0.717, 1.165) is 6.07 Å². The molecule has 2 aromatic carbocycles. The van der Waals surface area contributed by atoms with Crippen LogP contribution < -0.4 is 14.9 Å². The summed E-state index contributed by atoms with van der Waals surface area (Å²) < 4.78 is 43.4. The minimum atomic E-state index is -2.07. The van der Waals surface area contributed by atoms with Gasteiger partial charge in [-0.3, -0.25) is 4.79 Å². The first-order valence-corrected chi connectivity index (χ1v) is 15.5. The molecular formula is C32H38O18. The number of aliphatic hydroxyl groups excluding tert-OH is 6. The van der Waals surface area contributed by atoms with Gasteiger partial charge in [-0.1, -0.05) is 12.1 Å². The zero-order valence-electron chi connectivity index (χ0n) is 26.5. The number of methoxy groups -OCH3 is 1. The molecule has 3 aromatic rings. The number of aromatic hydroxyl groups is 1.